The van der Waals surface area contributed by atoms with Gasteiger partial charge in [0.25, 0.3) is 5.56 Å². The van der Waals surface area contributed by atoms with Crippen molar-refractivity contribution in [3.63, 3.8) is 0 Å². The average Bonchev–Trinajstić information content (AvgIpc) is 3.32. The monoisotopic (exact) mass is 467 g/mol. The Balaban J connectivity index is 1.55. The molecule has 34 heavy (non-hydrogen) atoms. The molecule has 0 bridgehead atoms. The van der Waals surface area contributed by atoms with Crippen LogP contribution in [0.1, 0.15) is 49.4 Å². The number of hydrogen-bond donors (Lipinski definition) is 1. The summed E-state index contributed by atoms with van der Waals surface area (Å²) in [4.78, 5) is 44.6. The van der Waals surface area contributed by atoms with E-state index in [1.807, 2.05) is 19.1 Å². The van der Waals surface area contributed by atoms with Crippen molar-refractivity contribution in [3.05, 3.63) is 56.6 Å². The second kappa shape index (κ2) is 10.1. The first-order valence-corrected chi connectivity index (χ1v) is 11.6. The summed E-state index contributed by atoms with van der Waals surface area (Å²) in [6, 6.07) is 7.64. The Bertz CT molecular complexity index is 1280. The number of likely N-dealkylation sites (tertiary alicyclic amines) is 1. The van der Waals surface area contributed by atoms with Gasteiger partial charge in [-0.3, -0.25) is 19.1 Å². The highest BCUT2D eigenvalue weighted by atomic mass is 16.5. The SMILES string of the molecule is CCn1c(=O)c(-c2noc(C(=O)NCCN3CCCCC3C)n2)nn(-c2ccc(C)cc2)c1=O. The van der Waals surface area contributed by atoms with Gasteiger partial charge in [0, 0.05) is 25.7 Å². The molecule has 11 heteroatoms. The van der Waals surface area contributed by atoms with Crippen molar-refractivity contribution in [2.24, 2.45) is 0 Å². The van der Waals surface area contributed by atoms with Gasteiger partial charge >= 0.3 is 17.5 Å². The quantitative estimate of drug-likeness (QED) is 0.552. The van der Waals surface area contributed by atoms with Crippen LogP contribution >= 0.6 is 0 Å². The van der Waals surface area contributed by atoms with Gasteiger partial charge in [-0.25, -0.2) is 4.79 Å². The normalized spacial score (nSPS) is 16.5. The third kappa shape index (κ3) is 4.84. The standard InChI is InChI=1S/C23H29N7O4/c1-4-29-22(32)18(26-30(23(29)33)17-10-8-15(2)9-11-17)19-25-21(34-27-19)20(31)24-12-14-28-13-6-5-7-16(28)3/h8-11,16H,4-7,12-14H2,1-3H3,(H,24,31). The second-order valence-electron chi connectivity index (χ2n) is 8.49. The van der Waals surface area contributed by atoms with Crippen LogP contribution in [0.5, 0.6) is 0 Å². The highest BCUT2D eigenvalue weighted by Crippen LogP contribution is 2.15. The third-order valence-corrected chi connectivity index (χ3v) is 6.11. The van der Waals surface area contributed by atoms with Crippen LogP contribution in [0.15, 0.2) is 38.4 Å². The van der Waals surface area contributed by atoms with Crippen LogP contribution < -0.4 is 16.6 Å². The maximum Gasteiger partial charge on any atom is 0.352 e. The zero-order chi connectivity index (χ0) is 24.2. The number of aromatic nitrogens is 5. The molecule has 1 aliphatic rings. The van der Waals surface area contributed by atoms with E-state index < -0.39 is 17.2 Å². The predicted molar refractivity (Wildman–Crippen MR) is 125 cm³/mol. The molecule has 1 fully saturated rings. The molecule has 0 radical (unpaired) electrons. The molecule has 3 heterocycles. The number of carbonyl (C=O) groups excluding carboxylic acids is 1. The van der Waals surface area contributed by atoms with Crippen LogP contribution in [0.3, 0.4) is 0 Å². The lowest BCUT2D eigenvalue weighted by atomic mass is 10.0. The van der Waals surface area contributed by atoms with Crippen LogP contribution in [0.25, 0.3) is 17.2 Å². The summed E-state index contributed by atoms with van der Waals surface area (Å²) in [5.74, 6) is -0.937. The number of nitrogens with one attached hydrogen (secondary N) is 1. The molecule has 4 rings (SSSR count). The number of piperidine rings is 1. The first-order valence-electron chi connectivity index (χ1n) is 11.6. The maximum atomic E-state index is 12.9. The summed E-state index contributed by atoms with van der Waals surface area (Å²) >= 11 is 0. The summed E-state index contributed by atoms with van der Waals surface area (Å²) in [6.07, 6.45) is 3.56. The Morgan fingerprint density at radius 1 is 1.21 bits per heavy atom. The van der Waals surface area contributed by atoms with E-state index in [1.54, 1.807) is 19.1 Å². The van der Waals surface area contributed by atoms with E-state index in [0.717, 1.165) is 34.3 Å². The molecule has 180 valence electrons. The van der Waals surface area contributed by atoms with Crippen molar-refractivity contribution in [1.29, 1.82) is 0 Å². The zero-order valence-electron chi connectivity index (χ0n) is 19.7. The van der Waals surface area contributed by atoms with Gasteiger partial charge in [-0.05, 0) is 52.3 Å². The van der Waals surface area contributed by atoms with E-state index >= 15 is 0 Å². The minimum absolute atomic E-state index is 0.138. The Morgan fingerprint density at radius 2 is 1.97 bits per heavy atom. The molecule has 1 saturated heterocycles. The first-order chi connectivity index (χ1) is 16.4. The highest BCUT2D eigenvalue weighted by Gasteiger charge is 2.23. The van der Waals surface area contributed by atoms with Crippen LogP contribution in [-0.2, 0) is 6.54 Å². The van der Waals surface area contributed by atoms with E-state index in [1.165, 1.54) is 12.8 Å². The predicted octanol–water partition coefficient (Wildman–Crippen LogP) is 1.38. The molecular weight excluding hydrogens is 438 g/mol. The van der Waals surface area contributed by atoms with E-state index in [4.69, 9.17) is 4.52 Å². The number of amides is 1. The fraction of sp³-hybridized carbons (Fsp3) is 0.478. The minimum Gasteiger partial charge on any atom is -0.347 e. The lowest BCUT2D eigenvalue weighted by molar-refractivity contribution is 0.0895. The van der Waals surface area contributed by atoms with Crippen molar-refractivity contribution in [2.45, 2.75) is 52.6 Å². The van der Waals surface area contributed by atoms with Crippen LogP contribution in [-0.4, -0.2) is 61.0 Å². The molecule has 2 aromatic heterocycles. The highest BCUT2D eigenvalue weighted by molar-refractivity contribution is 5.89. The second-order valence-corrected chi connectivity index (χ2v) is 8.49. The molecular formula is C23H29N7O4. The summed E-state index contributed by atoms with van der Waals surface area (Å²) in [5, 5.41) is 10.8. The molecule has 1 unspecified atom stereocenters. The van der Waals surface area contributed by atoms with E-state index in [2.05, 4.69) is 32.4 Å². The summed E-state index contributed by atoms with van der Waals surface area (Å²) in [6.45, 7) is 8.14. The van der Waals surface area contributed by atoms with Gasteiger partial charge in [0.1, 0.15) is 0 Å². The van der Waals surface area contributed by atoms with Gasteiger partial charge in [0.2, 0.25) is 5.82 Å². The van der Waals surface area contributed by atoms with E-state index in [0.29, 0.717) is 18.3 Å². The average molecular weight is 468 g/mol. The Labute approximate surface area is 196 Å². The number of aryl methyl sites for hydroxylation is 1. The van der Waals surface area contributed by atoms with Gasteiger partial charge in [-0.1, -0.05) is 29.3 Å². The van der Waals surface area contributed by atoms with Crippen molar-refractivity contribution >= 4 is 5.91 Å². The molecule has 3 aromatic rings. The van der Waals surface area contributed by atoms with Crippen molar-refractivity contribution in [3.8, 4) is 17.2 Å². The molecule has 1 aliphatic heterocycles. The smallest absolute Gasteiger partial charge is 0.347 e. The Morgan fingerprint density at radius 3 is 2.68 bits per heavy atom. The number of carbonyl (C=O) groups is 1. The minimum atomic E-state index is -0.650. The Kier molecular flexibility index (Phi) is 7.01. The summed E-state index contributed by atoms with van der Waals surface area (Å²) < 4.78 is 7.26. The third-order valence-electron chi connectivity index (χ3n) is 6.11. The lowest BCUT2D eigenvalue weighted by Crippen LogP contribution is -2.42. The van der Waals surface area contributed by atoms with Gasteiger partial charge in [-0.15, -0.1) is 0 Å². The molecule has 1 N–H and O–H groups in total. The lowest BCUT2D eigenvalue weighted by Gasteiger charge is -2.33. The number of benzene rings is 1. The largest absolute Gasteiger partial charge is 0.352 e. The summed E-state index contributed by atoms with van der Waals surface area (Å²) in [7, 11) is 0. The van der Waals surface area contributed by atoms with Crippen molar-refractivity contribution in [1.82, 2.24) is 34.7 Å². The van der Waals surface area contributed by atoms with E-state index in [9.17, 15) is 14.4 Å². The fourth-order valence-electron chi connectivity index (χ4n) is 4.08. The number of nitrogens with zero attached hydrogens (tertiary/aromatic N) is 6. The van der Waals surface area contributed by atoms with Gasteiger partial charge in [0.05, 0.1) is 5.69 Å². The van der Waals surface area contributed by atoms with Gasteiger partial charge in [-0.2, -0.15) is 14.8 Å². The van der Waals surface area contributed by atoms with Crippen LogP contribution in [0, 0.1) is 6.92 Å². The Hall–Kier alpha value is -3.60. The topological polar surface area (TPSA) is 128 Å². The molecule has 0 aliphatic carbocycles. The molecule has 1 atom stereocenters. The maximum absolute atomic E-state index is 12.9. The van der Waals surface area contributed by atoms with Crippen molar-refractivity contribution in [2.75, 3.05) is 19.6 Å². The van der Waals surface area contributed by atoms with Crippen LogP contribution in [0.2, 0.25) is 0 Å². The molecule has 0 saturated carbocycles. The fourth-order valence-corrected chi connectivity index (χ4v) is 4.08. The number of rotatable bonds is 7. The van der Waals surface area contributed by atoms with Gasteiger partial charge in [0.15, 0.2) is 5.69 Å². The first kappa shape index (κ1) is 23.6. The van der Waals surface area contributed by atoms with E-state index in [-0.39, 0.29) is 24.0 Å². The molecule has 1 aromatic carbocycles. The summed E-state index contributed by atoms with van der Waals surface area (Å²) in [5.41, 5.74) is 0.111. The molecule has 0 spiro atoms. The van der Waals surface area contributed by atoms with Gasteiger partial charge < -0.3 is 9.84 Å². The number of hydrogen-bond acceptors (Lipinski definition) is 8. The zero-order valence-corrected chi connectivity index (χ0v) is 19.7. The molecule has 1 amide bonds. The molecule has 11 nitrogen and oxygen atoms in total. The van der Waals surface area contributed by atoms with Crippen molar-refractivity contribution < 1.29 is 9.32 Å². The van der Waals surface area contributed by atoms with Crippen LogP contribution in [0.4, 0.5) is 0 Å².